The molecule has 1 aromatic rings. The van der Waals surface area contributed by atoms with Crippen LogP contribution in [0, 0.1) is 5.92 Å². The van der Waals surface area contributed by atoms with Gasteiger partial charge < -0.3 is 15.4 Å². The van der Waals surface area contributed by atoms with Crippen molar-refractivity contribution in [2.75, 3.05) is 13.1 Å². The second-order valence-electron chi connectivity index (χ2n) is 5.05. The minimum absolute atomic E-state index is 0. The molecule has 1 heterocycles. The highest BCUT2D eigenvalue weighted by molar-refractivity contribution is 5.85. The summed E-state index contributed by atoms with van der Waals surface area (Å²) in [5.74, 6) is 0.443. The van der Waals surface area contributed by atoms with Crippen molar-refractivity contribution in [1.29, 1.82) is 0 Å². The summed E-state index contributed by atoms with van der Waals surface area (Å²) in [7, 11) is 0. The molecule has 1 aliphatic heterocycles. The number of benzene rings is 1. The van der Waals surface area contributed by atoms with Crippen LogP contribution in [-0.4, -0.2) is 30.1 Å². The van der Waals surface area contributed by atoms with Crippen molar-refractivity contribution in [1.82, 2.24) is 4.90 Å². The summed E-state index contributed by atoms with van der Waals surface area (Å²) in [4.78, 5) is 13.6. The van der Waals surface area contributed by atoms with E-state index in [0.29, 0.717) is 19.1 Å². The Bertz CT molecular complexity index is 390. The standard InChI is InChI=1S/C14H20N2O2.ClH/c1-11-7-13(15)9-16(8-11)14(17)18-10-12-5-3-2-4-6-12;/h2-6,11,13H,7-10,15H2,1H3;1H/t11-,13-;/m0./s1. The van der Waals surface area contributed by atoms with Gasteiger partial charge in [0.2, 0.25) is 0 Å². The van der Waals surface area contributed by atoms with E-state index in [4.69, 9.17) is 10.5 Å². The largest absolute Gasteiger partial charge is 0.445 e. The van der Waals surface area contributed by atoms with Crippen molar-refractivity contribution in [2.45, 2.75) is 26.0 Å². The van der Waals surface area contributed by atoms with Crippen molar-refractivity contribution in [3.63, 3.8) is 0 Å². The lowest BCUT2D eigenvalue weighted by Crippen LogP contribution is -2.48. The van der Waals surface area contributed by atoms with Crippen molar-refractivity contribution in [3.05, 3.63) is 35.9 Å². The second-order valence-corrected chi connectivity index (χ2v) is 5.05. The molecule has 19 heavy (non-hydrogen) atoms. The first kappa shape index (κ1) is 15.8. The Hall–Kier alpha value is -1.26. The Morgan fingerprint density at radius 1 is 1.37 bits per heavy atom. The van der Waals surface area contributed by atoms with Gasteiger partial charge in [0.15, 0.2) is 0 Å². The number of nitrogens with two attached hydrogens (primary N) is 1. The zero-order valence-electron chi connectivity index (χ0n) is 11.1. The summed E-state index contributed by atoms with van der Waals surface area (Å²) in [6.07, 6.45) is 0.712. The average molecular weight is 285 g/mol. The summed E-state index contributed by atoms with van der Waals surface area (Å²) in [6, 6.07) is 9.76. The molecule has 0 saturated carbocycles. The van der Waals surface area contributed by atoms with Gasteiger partial charge in [0.25, 0.3) is 0 Å². The van der Waals surface area contributed by atoms with Crippen LogP contribution in [0.1, 0.15) is 18.9 Å². The number of likely N-dealkylation sites (tertiary alicyclic amines) is 1. The van der Waals surface area contributed by atoms with Gasteiger partial charge in [-0.1, -0.05) is 37.3 Å². The average Bonchev–Trinajstić information content (AvgIpc) is 2.36. The van der Waals surface area contributed by atoms with Gasteiger partial charge in [-0.15, -0.1) is 12.4 Å². The predicted molar refractivity (Wildman–Crippen MR) is 77.2 cm³/mol. The highest BCUT2D eigenvalue weighted by Crippen LogP contribution is 2.16. The van der Waals surface area contributed by atoms with Gasteiger partial charge in [-0.2, -0.15) is 0 Å². The van der Waals surface area contributed by atoms with E-state index in [1.165, 1.54) is 0 Å². The molecule has 1 fully saturated rings. The van der Waals surface area contributed by atoms with Crippen LogP contribution in [0.5, 0.6) is 0 Å². The third-order valence-corrected chi connectivity index (χ3v) is 3.16. The first-order valence-corrected chi connectivity index (χ1v) is 6.36. The van der Waals surface area contributed by atoms with Crippen molar-refractivity contribution >= 4 is 18.5 Å². The lowest BCUT2D eigenvalue weighted by Gasteiger charge is -2.33. The van der Waals surface area contributed by atoms with Crippen LogP contribution in [-0.2, 0) is 11.3 Å². The van der Waals surface area contributed by atoms with Crippen LogP contribution >= 0.6 is 12.4 Å². The molecule has 2 N–H and O–H groups in total. The van der Waals surface area contributed by atoms with Crippen LogP contribution in [0.2, 0.25) is 0 Å². The highest BCUT2D eigenvalue weighted by Gasteiger charge is 2.26. The highest BCUT2D eigenvalue weighted by atomic mass is 35.5. The smallest absolute Gasteiger partial charge is 0.410 e. The molecular formula is C14H21ClN2O2. The van der Waals surface area contributed by atoms with Gasteiger partial charge in [0.1, 0.15) is 6.61 Å². The molecule has 4 nitrogen and oxygen atoms in total. The fourth-order valence-electron chi connectivity index (χ4n) is 2.36. The van der Waals surface area contributed by atoms with E-state index in [0.717, 1.165) is 18.5 Å². The Balaban J connectivity index is 0.00000180. The molecule has 0 spiro atoms. The van der Waals surface area contributed by atoms with Gasteiger partial charge in [0.05, 0.1) is 0 Å². The number of carbonyl (C=O) groups excluding carboxylic acids is 1. The Labute approximate surface area is 120 Å². The summed E-state index contributed by atoms with van der Waals surface area (Å²) in [5, 5.41) is 0. The molecule has 2 rings (SSSR count). The lowest BCUT2D eigenvalue weighted by atomic mass is 9.97. The molecule has 5 heteroatoms. The van der Waals surface area contributed by atoms with E-state index in [1.54, 1.807) is 4.90 Å². The van der Waals surface area contributed by atoms with E-state index in [9.17, 15) is 4.79 Å². The quantitative estimate of drug-likeness (QED) is 0.907. The Morgan fingerprint density at radius 2 is 2.05 bits per heavy atom. The van der Waals surface area contributed by atoms with E-state index in [1.807, 2.05) is 30.3 Å². The van der Waals surface area contributed by atoms with Crippen molar-refractivity contribution in [3.8, 4) is 0 Å². The molecule has 0 bridgehead atoms. The maximum Gasteiger partial charge on any atom is 0.410 e. The first-order valence-electron chi connectivity index (χ1n) is 6.36. The zero-order valence-corrected chi connectivity index (χ0v) is 11.9. The minimum Gasteiger partial charge on any atom is -0.445 e. The first-order chi connectivity index (χ1) is 8.65. The predicted octanol–water partition coefficient (Wildman–Crippen LogP) is 2.41. The fourth-order valence-corrected chi connectivity index (χ4v) is 2.36. The van der Waals surface area contributed by atoms with Gasteiger partial charge in [0, 0.05) is 19.1 Å². The monoisotopic (exact) mass is 284 g/mol. The fraction of sp³-hybridized carbons (Fsp3) is 0.500. The summed E-state index contributed by atoms with van der Waals surface area (Å²) in [5.41, 5.74) is 6.91. The number of piperidine rings is 1. The zero-order chi connectivity index (χ0) is 13.0. The van der Waals surface area contributed by atoms with Crippen LogP contribution in [0.25, 0.3) is 0 Å². The molecule has 0 unspecified atom stereocenters. The van der Waals surface area contributed by atoms with Crippen LogP contribution < -0.4 is 5.73 Å². The number of hydrogen-bond acceptors (Lipinski definition) is 3. The number of hydrogen-bond donors (Lipinski definition) is 1. The van der Waals surface area contributed by atoms with Crippen molar-refractivity contribution in [2.24, 2.45) is 11.7 Å². The third kappa shape index (κ3) is 4.73. The number of nitrogens with zero attached hydrogens (tertiary/aromatic N) is 1. The normalized spacial score (nSPS) is 22.5. The number of carbonyl (C=O) groups is 1. The number of amides is 1. The Morgan fingerprint density at radius 3 is 2.68 bits per heavy atom. The molecule has 1 saturated heterocycles. The van der Waals surface area contributed by atoms with E-state index < -0.39 is 0 Å². The maximum atomic E-state index is 11.9. The molecule has 1 aromatic carbocycles. The molecule has 1 amide bonds. The summed E-state index contributed by atoms with van der Waals surface area (Å²) >= 11 is 0. The van der Waals surface area contributed by atoms with E-state index in [-0.39, 0.29) is 24.5 Å². The molecule has 2 atom stereocenters. The van der Waals surface area contributed by atoms with Gasteiger partial charge in [-0.3, -0.25) is 0 Å². The molecule has 0 aliphatic carbocycles. The SMILES string of the molecule is C[C@H]1C[C@H](N)CN(C(=O)OCc2ccccc2)C1.Cl. The van der Waals surface area contributed by atoms with Gasteiger partial charge in [-0.25, -0.2) is 4.79 Å². The molecular weight excluding hydrogens is 264 g/mol. The van der Waals surface area contributed by atoms with Crippen LogP contribution in [0.3, 0.4) is 0 Å². The summed E-state index contributed by atoms with van der Waals surface area (Å²) < 4.78 is 5.30. The van der Waals surface area contributed by atoms with Gasteiger partial charge >= 0.3 is 6.09 Å². The van der Waals surface area contributed by atoms with E-state index >= 15 is 0 Å². The molecule has 0 aromatic heterocycles. The van der Waals surface area contributed by atoms with Crippen LogP contribution in [0.15, 0.2) is 30.3 Å². The Kier molecular flexibility index (Phi) is 6.12. The molecule has 106 valence electrons. The van der Waals surface area contributed by atoms with Crippen molar-refractivity contribution < 1.29 is 9.53 Å². The molecule has 0 radical (unpaired) electrons. The van der Waals surface area contributed by atoms with E-state index in [2.05, 4.69) is 6.92 Å². The lowest BCUT2D eigenvalue weighted by molar-refractivity contribution is 0.0767. The number of rotatable bonds is 2. The minimum atomic E-state index is -0.263. The second kappa shape index (κ2) is 7.36. The third-order valence-electron chi connectivity index (χ3n) is 3.16. The number of ether oxygens (including phenoxy) is 1. The van der Waals surface area contributed by atoms with Gasteiger partial charge in [-0.05, 0) is 17.9 Å². The number of halogens is 1. The maximum absolute atomic E-state index is 11.9. The summed E-state index contributed by atoms with van der Waals surface area (Å²) in [6.45, 7) is 3.76. The molecule has 1 aliphatic rings. The van der Waals surface area contributed by atoms with Crippen LogP contribution in [0.4, 0.5) is 4.79 Å². The topological polar surface area (TPSA) is 55.6 Å².